The van der Waals surface area contributed by atoms with E-state index >= 15 is 0 Å². The number of ether oxygens (including phenoxy) is 1. The highest BCUT2D eigenvalue weighted by atomic mass is 16.5. The third-order valence-electron chi connectivity index (χ3n) is 4.74. The summed E-state index contributed by atoms with van der Waals surface area (Å²) in [6, 6.07) is 9.93. The molecule has 0 spiro atoms. The molecule has 1 unspecified atom stereocenters. The topological polar surface area (TPSA) is 42.4 Å². The Balaban J connectivity index is 2.37. The molecule has 1 aromatic carbocycles. The summed E-state index contributed by atoms with van der Waals surface area (Å²) in [6.45, 7) is 10.4. The van der Waals surface area contributed by atoms with Crippen molar-refractivity contribution in [2.75, 3.05) is 0 Å². The van der Waals surface area contributed by atoms with Gasteiger partial charge >= 0.3 is 0 Å². The SMILES string of the molecule is CCCCC(C)(C)C(O)C(=Cc1cccnc1)Oc1ccc(C)cc1C. The van der Waals surface area contributed by atoms with Crippen LogP contribution in [-0.4, -0.2) is 16.2 Å². The van der Waals surface area contributed by atoms with Gasteiger partial charge in [0.05, 0.1) is 0 Å². The molecule has 0 aliphatic carbocycles. The van der Waals surface area contributed by atoms with Crippen molar-refractivity contribution in [3.63, 3.8) is 0 Å². The van der Waals surface area contributed by atoms with E-state index in [9.17, 15) is 5.11 Å². The quantitative estimate of drug-likeness (QED) is 0.619. The van der Waals surface area contributed by atoms with Gasteiger partial charge in [0.1, 0.15) is 17.6 Å². The molecule has 1 aromatic heterocycles. The number of aliphatic hydroxyl groups excluding tert-OH is 1. The van der Waals surface area contributed by atoms with E-state index in [4.69, 9.17) is 4.74 Å². The molecule has 3 heteroatoms. The number of nitrogens with zero attached hydrogens (tertiary/aromatic N) is 1. The van der Waals surface area contributed by atoms with E-state index in [0.29, 0.717) is 5.76 Å². The second-order valence-corrected chi connectivity index (χ2v) is 7.70. The average Bonchev–Trinajstić information content (AvgIpc) is 2.62. The smallest absolute Gasteiger partial charge is 0.134 e. The summed E-state index contributed by atoms with van der Waals surface area (Å²) < 4.78 is 6.22. The summed E-state index contributed by atoms with van der Waals surface area (Å²) in [7, 11) is 0. The number of pyridine rings is 1. The van der Waals surface area contributed by atoms with Crippen molar-refractivity contribution < 1.29 is 9.84 Å². The number of benzene rings is 1. The number of hydrogen-bond donors (Lipinski definition) is 1. The average molecular weight is 354 g/mol. The molecule has 0 bridgehead atoms. The minimum Gasteiger partial charge on any atom is -0.459 e. The van der Waals surface area contributed by atoms with Gasteiger partial charge in [0.25, 0.3) is 0 Å². The molecular formula is C23H31NO2. The van der Waals surface area contributed by atoms with Crippen LogP contribution >= 0.6 is 0 Å². The lowest BCUT2D eigenvalue weighted by Crippen LogP contribution is -2.33. The van der Waals surface area contributed by atoms with Gasteiger partial charge in [-0.3, -0.25) is 4.98 Å². The molecule has 0 saturated carbocycles. The lowest BCUT2D eigenvalue weighted by atomic mass is 9.80. The maximum atomic E-state index is 11.1. The number of hydrogen-bond acceptors (Lipinski definition) is 3. The first-order chi connectivity index (χ1) is 12.3. The van der Waals surface area contributed by atoms with Gasteiger partial charge in [0.15, 0.2) is 0 Å². The normalized spacial score (nSPS) is 13.5. The van der Waals surface area contributed by atoms with E-state index in [-0.39, 0.29) is 5.41 Å². The van der Waals surface area contributed by atoms with Crippen molar-refractivity contribution in [2.45, 2.75) is 60.0 Å². The van der Waals surface area contributed by atoms with E-state index in [1.807, 2.05) is 37.3 Å². The lowest BCUT2D eigenvalue weighted by molar-refractivity contribution is 0.0447. The zero-order valence-electron chi connectivity index (χ0n) is 16.6. The molecule has 2 rings (SSSR count). The zero-order valence-corrected chi connectivity index (χ0v) is 16.6. The van der Waals surface area contributed by atoms with Crippen LogP contribution in [0.3, 0.4) is 0 Å². The van der Waals surface area contributed by atoms with E-state index < -0.39 is 6.10 Å². The van der Waals surface area contributed by atoms with Crippen molar-refractivity contribution in [1.29, 1.82) is 0 Å². The summed E-state index contributed by atoms with van der Waals surface area (Å²) >= 11 is 0. The highest BCUT2D eigenvalue weighted by molar-refractivity contribution is 5.52. The van der Waals surface area contributed by atoms with Crippen LogP contribution in [-0.2, 0) is 0 Å². The lowest BCUT2D eigenvalue weighted by Gasteiger charge is -2.32. The molecule has 0 radical (unpaired) electrons. The Hall–Kier alpha value is -2.13. The molecule has 3 nitrogen and oxygen atoms in total. The fraction of sp³-hybridized carbons (Fsp3) is 0.435. The Morgan fingerprint density at radius 3 is 2.65 bits per heavy atom. The van der Waals surface area contributed by atoms with Gasteiger partial charge in [0, 0.05) is 12.4 Å². The Labute approximate surface area is 157 Å². The Kier molecular flexibility index (Phi) is 6.98. The number of aliphatic hydroxyl groups is 1. The van der Waals surface area contributed by atoms with Crippen LogP contribution in [0.15, 0.2) is 48.5 Å². The molecule has 140 valence electrons. The minimum absolute atomic E-state index is 0.275. The highest BCUT2D eigenvalue weighted by Crippen LogP contribution is 2.34. The maximum absolute atomic E-state index is 11.1. The summed E-state index contributed by atoms with van der Waals surface area (Å²) in [6.07, 6.45) is 7.83. The van der Waals surface area contributed by atoms with Gasteiger partial charge in [-0.2, -0.15) is 0 Å². The molecular weight excluding hydrogens is 322 g/mol. The molecule has 1 atom stereocenters. The summed E-state index contributed by atoms with van der Waals surface area (Å²) in [5, 5.41) is 11.1. The van der Waals surface area contributed by atoms with Crippen molar-refractivity contribution in [1.82, 2.24) is 4.98 Å². The maximum Gasteiger partial charge on any atom is 0.134 e. The van der Waals surface area contributed by atoms with Crippen LogP contribution < -0.4 is 4.74 Å². The predicted molar refractivity (Wildman–Crippen MR) is 108 cm³/mol. The van der Waals surface area contributed by atoms with Crippen LogP contribution in [0.25, 0.3) is 6.08 Å². The molecule has 0 saturated heterocycles. The van der Waals surface area contributed by atoms with Gasteiger partial charge in [-0.25, -0.2) is 0 Å². The van der Waals surface area contributed by atoms with Crippen LogP contribution in [0.2, 0.25) is 0 Å². The van der Waals surface area contributed by atoms with Crippen molar-refractivity contribution in [2.24, 2.45) is 5.41 Å². The molecule has 2 aromatic rings. The monoisotopic (exact) mass is 353 g/mol. The molecule has 1 N–H and O–H groups in total. The van der Waals surface area contributed by atoms with E-state index in [0.717, 1.165) is 36.1 Å². The van der Waals surface area contributed by atoms with Gasteiger partial charge in [-0.05, 0) is 55.0 Å². The molecule has 0 amide bonds. The Morgan fingerprint density at radius 1 is 1.27 bits per heavy atom. The second-order valence-electron chi connectivity index (χ2n) is 7.70. The van der Waals surface area contributed by atoms with E-state index in [1.165, 1.54) is 5.56 Å². The fourth-order valence-corrected chi connectivity index (χ4v) is 2.98. The first-order valence-electron chi connectivity index (χ1n) is 9.38. The summed E-state index contributed by atoms with van der Waals surface area (Å²) in [5.74, 6) is 1.34. The summed E-state index contributed by atoms with van der Waals surface area (Å²) in [4.78, 5) is 4.16. The van der Waals surface area contributed by atoms with E-state index in [2.05, 4.69) is 38.7 Å². The summed E-state index contributed by atoms with van der Waals surface area (Å²) in [5.41, 5.74) is 2.89. The molecule has 0 aliphatic heterocycles. The molecule has 0 fully saturated rings. The van der Waals surface area contributed by atoms with Crippen LogP contribution in [0.5, 0.6) is 5.75 Å². The minimum atomic E-state index is -0.699. The van der Waals surface area contributed by atoms with Gasteiger partial charge in [-0.15, -0.1) is 0 Å². The largest absolute Gasteiger partial charge is 0.459 e. The van der Waals surface area contributed by atoms with Crippen molar-refractivity contribution >= 4 is 6.08 Å². The third kappa shape index (κ3) is 5.43. The van der Waals surface area contributed by atoms with Crippen LogP contribution in [0.4, 0.5) is 0 Å². The van der Waals surface area contributed by atoms with Crippen LogP contribution in [0.1, 0.15) is 56.7 Å². The first-order valence-corrected chi connectivity index (χ1v) is 9.38. The first kappa shape index (κ1) is 20.2. The van der Waals surface area contributed by atoms with E-state index in [1.54, 1.807) is 12.4 Å². The van der Waals surface area contributed by atoms with Gasteiger partial charge in [-0.1, -0.05) is 57.4 Å². The zero-order chi connectivity index (χ0) is 19.2. The third-order valence-corrected chi connectivity index (χ3v) is 4.74. The van der Waals surface area contributed by atoms with Gasteiger partial charge in [0.2, 0.25) is 0 Å². The van der Waals surface area contributed by atoms with Crippen molar-refractivity contribution in [3.05, 3.63) is 65.2 Å². The fourth-order valence-electron chi connectivity index (χ4n) is 2.98. The standard InChI is InChI=1S/C23H31NO2/c1-6-7-12-23(4,5)22(25)21(15-19-9-8-13-24-16-19)26-20-11-10-17(2)14-18(20)3/h8-11,13-16,22,25H,6-7,12H2,1-5H3. The Morgan fingerprint density at radius 2 is 2.04 bits per heavy atom. The number of aryl methyl sites for hydroxylation is 2. The number of rotatable bonds is 8. The number of unbranched alkanes of at least 4 members (excludes halogenated alkanes) is 1. The predicted octanol–water partition coefficient (Wildman–Crippen LogP) is 5.70. The van der Waals surface area contributed by atoms with Crippen LogP contribution in [0, 0.1) is 19.3 Å². The highest BCUT2D eigenvalue weighted by Gasteiger charge is 2.32. The van der Waals surface area contributed by atoms with Gasteiger partial charge < -0.3 is 9.84 Å². The van der Waals surface area contributed by atoms with Crippen molar-refractivity contribution in [3.8, 4) is 5.75 Å². The Bertz CT molecular complexity index is 735. The molecule has 0 aliphatic rings. The number of aromatic nitrogens is 1. The second kappa shape index (κ2) is 9.00. The molecule has 1 heterocycles. The molecule has 26 heavy (non-hydrogen) atoms.